The van der Waals surface area contributed by atoms with Gasteiger partial charge in [-0.25, -0.2) is 0 Å². The summed E-state index contributed by atoms with van der Waals surface area (Å²) in [6.07, 6.45) is 0. The van der Waals surface area contributed by atoms with Crippen LogP contribution in [0.4, 0.5) is 10.1 Å². The Morgan fingerprint density at radius 3 is 2.69 bits per heavy atom. The number of nitro groups is 1. The summed E-state index contributed by atoms with van der Waals surface area (Å²) in [6.45, 7) is 1.47. The molecule has 3 nitrogen and oxygen atoms in total. The SMILES string of the molecule is Cc1c(CCl)ccc([N+](=O)[O-])c1F. The highest BCUT2D eigenvalue weighted by Gasteiger charge is 2.17. The minimum atomic E-state index is -0.803. The summed E-state index contributed by atoms with van der Waals surface area (Å²) in [5.74, 6) is -0.649. The van der Waals surface area contributed by atoms with Crippen molar-refractivity contribution in [3.63, 3.8) is 0 Å². The zero-order valence-corrected chi connectivity index (χ0v) is 7.64. The van der Waals surface area contributed by atoms with E-state index >= 15 is 0 Å². The van der Waals surface area contributed by atoms with Crippen molar-refractivity contribution < 1.29 is 9.31 Å². The number of hydrogen-bond donors (Lipinski definition) is 0. The molecule has 0 saturated carbocycles. The lowest BCUT2D eigenvalue weighted by atomic mass is 10.1. The van der Waals surface area contributed by atoms with Crippen LogP contribution in [-0.2, 0) is 5.88 Å². The van der Waals surface area contributed by atoms with Gasteiger partial charge in [-0.1, -0.05) is 6.07 Å². The largest absolute Gasteiger partial charge is 0.305 e. The van der Waals surface area contributed by atoms with Gasteiger partial charge >= 0.3 is 5.69 Å². The van der Waals surface area contributed by atoms with Crippen molar-refractivity contribution in [1.29, 1.82) is 0 Å². The summed E-state index contributed by atoms with van der Waals surface area (Å²) in [5, 5.41) is 10.3. The molecule has 0 radical (unpaired) electrons. The first-order valence-corrected chi connectivity index (χ1v) is 4.09. The lowest BCUT2D eigenvalue weighted by Crippen LogP contribution is -1.97. The number of alkyl halides is 1. The molecule has 1 aromatic rings. The van der Waals surface area contributed by atoms with Crippen LogP contribution in [0.5, 0.6) is 0 Å². The van der Waals surface area contributed by atoms with Gasteiger partial charge in [-0.15, -0.1) is 11.6 Å². The smallest absolute Gasteiger partial charge is 0.258 e. The Balaban J connectivity index is 3.31. The van der Waals surface area contributed by atoms with Crippen LogP contribution < -0.4 is 0 Å². The summed E-state index contributed by atoms with van der Waals surface area (Å²) >= 11 is 5.50. The molecule has 0 amide bonds. The molecule has 0 spiro atoms. The first kappa shape index (κ1) is 9.92. The monoisotopic (exact) mass is 203 g/mol. The van der Waals surface area contributed by atoms with Gasteiger partial charge in [-0.3, -0.25) is 10.1 Å². The first-order chi connectivity index (χ1) is 6.07. The van der Waals surface area contributed by atoms with E-state index in [-0.39, 0.29) is 11.4 Å². The Labute approximate surface area is 79.3 Å². The average molecular weight is 204 g/mol. The highest BCUT2D eigenvalue weighted by molar-refractivity contribution is 6.17. The molecular formula is C8H7ClFNO2. The number of nitro benzene ring substituents is 1. The topological polar surface area (TPSA) is 43.1 Å². The van der Waals surface area contributed by atoms with Crippen molar-refractivity contribution in [2.75, 3.05) is 0 Å². The third-order valence-corrected chi connectivity index (χ3v) is 2.11. The van der Waals surface area contributed by atoms with E-state index in [1.165, 1.54) is 13.0 Å². The molecule has 0 unspecified atom stereocenters. The van der Waals surface area contributed by atoms with Crippen LogP contribution in [0.3, 0.4) is 0 Å². The van der Waals surface area contributed by atoms with Crippen LogP contribution in [0.25, 0.3) is 0 Å². The summed E-state index contributed by atoms with van der Waals surface area (Å²) in [6, 6.07) is 2.59. The fourth-order valence-electron chi connectivity index (χ4n) is 0.997. The Morgan fingerprint density at radius 2 is 2.23 bits per heavy atom. The van der Waals surface area contributed by atoms with Crippen molar-refractivity contribution >= 4 is 17.3 Å². The van der Waals surface area contributed by atoms with Crippen LogP contribution in [-0.4, -0.2) is 4.92 Å². The normalized spacial score (nSPS) is 10.1. The minimum absolute atomic E-state index is 0.154. The molecule has 0 saturated heterocycles. The highest BCUT2D eigenvalue weighted by Crippen LogP contribution is 2.23. The van der Waals surface area contributed by atoms with E-state index in [2.05, 4.69) is 0 Å². The van der Waals surface area contributed by atoms with Gasteiger partial charge in [-0.05, 0) is 18.1 Å². The van der Waals surface area contributed by atoms with E-state index in [1.54, 1.807) is 0 Å². The predicted octanol–water partition coefficient (Wildman–Crippen LogP) is 2.78. The van der Waals surface area contributed by atoms with Crippen molar-refractivity contribution in [2.45, 2.75) is 12.8 Å². The van der Waals surface area contributed by atoms with Crippen molar-refractivity contribution in [3.8, 4) is 0 Å². The molecule has 70 valence electrons. The molecule has 0 aliphatic heterocycles. The number of hydrogen-bond acceptors (Lipinski definition) is 2. The van der Waals surface area contributed by atoms with Crippen molar-refractivity contribution in [3.05, 3.63) is 39.2 Å². The van der Waals surface area contributed by atoms with E-state index in [9.17, 15) is 14.5 Å². The quantitative estimate of drug-likeness (QED) is 0.421. The summed E-state index contributed by atoms with van der Waals surface area (Å²) in [5.41, 5.74) is 0.306. The van der Waals surface area contributed by atoms with E-state index in [0.717, 1.165) is 6.07 Å². The Bertz CT molecular complexity index is 354. The van der Waals surface area contributed by atoms with Gasteiger partial charge in [0.25, 0.3) is 0 Å². The first-order valence-electron chi connectivity index (χ1n) is 3.56. The molecule has 5 heteroatoms. The molecular weight excluding hydrogens is 197 g/mol. The van der Waals surface area contributed by atoms with Crippen LogP contribution >= 0.6 is 11.6 Å². The number of benzene rings is 1. The maximum atomic E-state index is 13.2. The average Bonchev–Trinajstić information content (AvgIpc) is 2.09. The second-order valence-corrected chi connectivity index (χ2v) is 2.84. The van der Waals surface area contributed by atoms with Crippen LogP contribution in [0.1, 0.15) is 11.1 Å². The van der Waals surface area contributed by atoms with Gasteiger partial charge < -0.3 is 0 Å². The lowest BCUT2D eigenvalue weighted by molar-refractivity contribution is -0.387. The van der Waals surface area contributed by atoms with Gasteiger partial charge in [0.05, 0.1) is 4.92 Å². The van der Waals surface area contributed by atoms with Crippen LogP contribution in [0.15, 0.2) is 12.1 Å². The fourth-order valence-corrected chi connectivity index (χ4v) is 1.29. The van der Waals surface area contributed by atoms with Gasteiger partial charge in [0.2, 0.25) is 5.82 Å². The number of halogens is 2. The molecule has 0 bridgehead atoms. The maximum Gasteiger partial charge on any atom is 0.305 e. The molecule has 0 heterocycles. The highest BCUT2D eigenvalue weighted by atomic mass is 35.5. The molecule has 0 aliphatic carbocycles. The molecule has 1 aromatic carbocycles. The van der Waals surface area contributed by atoms with Gasteiger partial charge in [0, 0.05) is 11.9 Å². The molecule has 0 aliphatic rings. The van der Waals surface area contributed by atoms with E-state index in [0.29, 0.717) is 5.56 Å². The Hall–Kier alpha value is -1.16. The standard InChI is InChI=1S/C8H7ClFNO2/c1-5-6(4-9)2-3-7(8(5)10)11(12)13/h2-3H,4H2,1H3. The maximum absolute atomic E-state index is 13.2. The molecule has 0 atom stereocenters. The Morgan fingerprint density at radius 1 is 1.62 bits per heavy atom. The van der Waals surface area contributed by atoms with E-state index < -0.39 is 16.4 Å². The van der Waals surface area contributed by atoms with Crippen LogP contribution in [0.2, 0.25) is 0 Å². The second-order valence-electron chi connectivity index (χ2n) is 2.57. The van der Waals surface area contributed by atoms with E-state index in [4.69, 9.17) is 11.6 Å². The van der Waals surface area contributed by atoms with Gasteiger partial charge in [0.15, 0.2) is 0 Å². The summed E-state index contributed by atoms with van der Waals surface area (Å²) in [7, 11) is 0. The predicted molar refractivity (Wildman–Crippen MR) is 47.3 cm³/mol. The molecule has 0 fully saturated rings. The van der Waals surface area contributed by atoms with Crippen LogP contribution in [0, 0.1) is 22.9 Å². The molecule has 13 heavy (non-hydrogen) atoms. The van der Waals surface area contributed by atoms with Crippen molar-refractivity contribution in [1.82, 2.24) is 0 Å². The Kier molecular flexibility index (Phi) is 2.83. The van der Waals surface area contributed by atoms with E-state index in [1.807, 2.05) is 0 Å². The number of rotatable bonds is 2. The third kappa shape index (κ3) is 1.78. The van der Waals surface area contributed by atoms with Gasteiger partial charge in [-0.2, -0.15) is 4.39 Å². The zero-order chi connectivity index (χ0) is 10.0. The molecule has 0 aromatic heterocycles. The van der Waals surface area contributed by atoms with Crippen molar-refractivity contribution in [2.24, 2.45) is 0 Å². The molecule has 1 rings (SSSR count). The number of nitrogens with zero attached hydrogens (tertiary/aromatic N) is 1. The third-order valence-electron chi connectivity index (χ3n) is 1.82. The fraction of sp³-hybridized carbons (Fsp3) is 0.250. The molecule has 0 N–H and O–H groups in total. The van der Waals surface area contributed by atoms with Gasteiger partial charge in [0.1, 0.15) is 0 Å². The minimum Gasteiger partial charge on any atom is -0.258 e. The lowest BCUT2D eigenvalue weighted by Gasteiger charge is -2.02. The summed E-state index contributed by atoms with van der Waals surface area (Å²) in [4.78, 5) is 9.56. The summed E-state index contributed by atoms with van der Waals surface area (Å²) < 4.78 is 13.2. The second kappa shape index (κ2) is 3.70. The zero-order valence-electron chi connectivity index (χ0n) is 6.88.